The van der Waals surface area contributed by atoms with Crippen LogP contribution < -0.4 is 0 Å². The summed E-state index contributed by atoms with van der Waals surface area (Å²) in [6, 6.07) is 8.04. The van der Waals surface area contributed by atoms with E-state index in [1.165, 1.54) is 12.7 Å². The van der Waals surface area contributed by atoms with Crippen molar-refractivity contribution in [1.29, 1.82) is 0 Å². The summed E-state index contributed by atoms with van der Waals surface area (Å²) in [5.41, 5.74) is 1.96. The fraction of sp³-hybridized carbons (Fsp3) is 0.231. The molecule has 2 rings (SSSR count). The van der Waals surface area contributed by atoms with E-state index in [0.717, 1.165) is 16.5 Å². The van der Waals surface area contributed by atoms with Crippen LogP contribution in [0.5, 0.6) is 0 Å². The Bertz CT molecular complexity index is 534. The van der Waals surface area contributed by atoms with Crippen LogP contribution in [-0.2, 0) is 16.0 Å². The zero-order valence-corrected chi connectivity index (χ0v) is 9.36. The Balaban J connectivity index is 2.49. The van der Waals surface area contributed by atoms with Crippen LogP contribution >= 0.6 is 0 Å². The first-order chi connectivity index (χ1) is 7.70. The van der Waals surface area contributed by atoms with Gasteiger partial charge in [-0.3, -0.25) is 9.78 Å². The number of carbonyl (C=O) groups excluding carboxylic acids is 1. The lowest BCUT2D eigenvalue weighted by molar-refractivity contribution is -0.139. The van der Waals surface area contributed by atoms with Crippen molar-refractivity contribution < 1.29 is 9.53 Å². The first-order valence-corrected chi connectivity index (χ1v) is 5.12. The van der Waals surface area contributed by atoms with E-state index in [0.29, 0.717) is 0 Å². The number of pyridine rings is 1. The van der Waals surface area contributed by atoms with E-state index in [1.54, 1.807) is 6.20 Å². The van der Waals surface area contributed by atoms with Gasteiger partial charge in [0.15, 0.2) is 0 Å². The van der Waals surface area contributed by atoms with Gasteiger partial charge in [-0.25, -0.2) is 0 Å². The highest BCUT2D eigenvalue weighted by Crippen LogP contribution is 2.18. The first-order valence-electron chi connectivity index (χ1n) is 5.12. The number of nitrogens with zero attached hydrogens (tertiary/aromatic N) is 1. The zero-order valence-electron chi connectivity index (χ0n) is 9.36. The molecule has 1 heterocycles. The van der Waals surface area contributed by atoms with Gasteiger partial charge in [-0.05, 0) is 18.4 Å². The highest BCUT2D eigenvalue weighted by Gasteiger charge is 2.07. The molecule has 3 heteroatoms. The smallest absolute Gasteiger partial charge is 0.311 e. The van der Waals surface area contributed by atoms with Gasteiger partial charge < -0.3 is 4.74 Å². The molecular weight excluding hydrogens is 202 g/mol. The van der Waals surface area contributed by atoms with Crippen molar-refractivity contribution in [3.63, 3.8) is 0 Å². The Morgan fingerprint density at radius 1 is 1.38 bits per heavy atom. The molecule has 0 atom stereocenters. The number of hydrogen-bond donors (Lipinski definition) is 0. The van der Waals surface area contributed by atoms with E-state index >= 15 is 0 Å². The Hall–Kier alpha value is -1.90. The third-order valence-corrected chi connectivity index (χ3v) is 2.54. The van der Waals surface area contributed by atoms with Gasteiger partial charge in [0.1, 0.15) is 0 Å². The topological polar surface area (TPSA) is 39.2 Å². The van der Waals surface area contributed by atoms with Crippen molar-refractivity contribution >= 4 is 16.7 Å². The molecular formula is C13H13NO2. The number of fused-ring (bicyclic) bond motifs is 1. The lowest BCUT2D eigenvalue weighted by Gasteiger charge is -2.05. The minimum absolute atomic E-state index is 0.219. The van der Waals surface area contributed by atoms with Crippen LogP contribution in [0.3, 0.4) is 0 Å². The third-order valence-electron chi connectivity index (χ3n) is 2.54. The van der Waals surface area contributed by atoms with Crippen LogP contribution in [0.2, 0.25) is 0 Å². The Labute approximate surface area is 94.1 Å². The number of rotatable bonds is 2. The number of hydrogen-bond acceptors (Lipinski definition) is 3. The van der Waals surface area contributed by atoms with Crippen LogP contribution in [0.25, 0.3) is 10.8 Å². The molecule has 1 aromatic heterocycles. The number of esters is 1. The molecule has 0 aliphatic heterocycles. The van der Waals surface area contributed by atoms with Gasteiger partial charge in [0.2, 0.25) is 0 Å². The van der Waals surface area contributed by atoms with Gasteiger partial charge in [-0.1, -0.05) is 23.8 Å². The van der Waals surface area contributed by atoms with Crippen LogP contribution in [0.15, 0.2) is 30.5 Å². The number of aryl methyl sites for hydroxylation is 1. The van der Waals surface area contributed by atoms with Crippen molar-refractivity contribution in [2.45, 2.75) is 13.3 Å². The normalized spacial score (nSPS) is 10.4. The van der Waals surface area contributed by atoms with Gasteiger partial charge in [-0.2, -0.15) is 0 Å². The minimum atomic E-state index is -0.263. The molecule has 0 amide bonds. The maximum Gasteiger partial charge on any atom is 0.311 e. The molecule has 0 unspecified atom stereocenters. The van der Waals surface area contributed by atoms with Crippen molar-refractivity contribution in [1.82, 2.24) is 4.98 Å². The predicted molar refractivity (Wildman–Crippen MR) is 62.2 cm³/mol. The molecule has 0 aliphatic carbocycles. The van der Waals surface area contributed by atoms with Crippen molar-refractivity contribution in [2.75, 3.05) is 7.11 Å². The average molecular weight is 215 g/mol. The van der Waals surface area contributed by atoms with Crippen LogP contribution in [0.4, 0.5) is 0 Å². The monoisotopic (exact) mass is 215 g/mol. The second-order valence-electron chi connectivity index (χ2n) is 3.74. The van der Waals surface area contributed by atoms with Crippen LogP contribution in [-0.4, -0.2) is 18.1 Å². The van der Waals surface area contributed by atoms with Crippen LogP contribution in [0.1, 0.15) is 11.3 Å². The summed E-state index contributed by atoms with van der Waals surface area (Å²) in [6.07, 6.45) is 1.94. The first kappa shape index (κ1) is 10.6. The van der Waals surface area contributed by atoms with E-state index in [-0.39, 0.29) is 12.4 Å². The number of aromatic nitrogens is 1. The molecule has 3 nitrogen and oxygen atoms in total. The number of benzene rings is 1. The number of ether oxygens (including phenoxy) is 1. The average Bonchev–Trinajstić information content (AvgIpc) is 2.28. The molecule has 0 saturated heterocycles. The minimum Gasteiger partial charge on any atom is -0.469 e. The van der Waals surface area contributed by atoms with E-state index in [1.807, 2.05) is 25.1 Å². The third kappa shape index (κ3) is 2.03. The maximum absolute atomic E-state index is 11.2. The lowest BCUT2D eigenvalue weighted by Crippen LogP contribution is -2.06. The predicted octanol–water partition coefficient (Wildman–Crippen LogP) is 2.26. The number of methoxy groups -OCH3 is 1. The molecule has 0 aliphatic rings. The molecule has 0 spiro atoms. The quantitative estimate of drug-likeness (QED) is 0.721. The molecule has 0 N–H and O–H groups in total. The fourth-order valence-electron chi connectivity index (χ4n) is 1.71. The molecule has 2 aromatic rings. The van der Waals surface area contributed by atoms with Gasteiger partial charge in [0.05, 0.1) is 19.2 Å². The Morgan fingerprint density at radius 2 is 2.19 bits per heavy atom. The summed E-state index contributed by atoms with van der Waals surface area (Å²) in [5, 5.41) is 2.12. The summed E-state index contributed by atoms with van der Waals surface area (Å²) in [6.45, 7) is 2.04. The summed E-state index contributed by atoms with van der Waals surface area (Å²) < 4.78 is 4.65. The van der Waals surface area contributed by atoms with Crippen LogP contribution in [0, 0.1) is 6.92 Å². The van der Waals surface area contributed by atoms with E-state index in [2.05, 4.69) is 15.8 Å². The lowest BCUT2D eigenvalue weighted by atomic mass is 10.1. The highest BCUT2D eigenvalue weighted by atomic mass is 16.5. The standard InChI is InChI=1S/C13H13NO2/c1-9-3-4-11-10(7-9)5-6-14-12(11)8-13(15)16-2/h3-7H,8H2,1-2H3. The molecule has 1 aromatic carbocycles. The second kappa shape index (κ2) is 4.31. The van der Waals surface area contributed by atoms with E-state index in [9.17, 15) is 4.79 Å². The van der Waals surface area contributed by atoms with Crippen molar-refractivity contribution in [2.24, 2.45) is 0 Å². The molecule has 0 saturated carbocycles. The van der Waals surface area contributed by atoms with E-state index in [4.69, 9.17) is 0 Å². The highest BCUT2D eigenvalue weighted by molar-refractivity contribution is 5.88. The van der Waals surface area contributed by atoms with Crippen molar-refractivity contribution in [3.05, 3.63) is 41.7 Å². The SMILES string of the molecule is COC(=O)Cc1nccc2cc(C)ccc12. The molecule has 0 fully saturated rings. The summed E-state index contributed by atoms with van der Waals surface area (Å²) in [5.74, 6) is -0.263. The Morgan fingerprint density at radius 3 is 2.94 bits per heavy atom. The molecule has 0 bridgehead atoms. The molecule has 82 valence electrons. The summed E-state index contributed by atoms with van der Waals surface area (Å²) in [4.78, 5) is 15.5. The van der Waals surface area contributed by atoms with Gasteiger partial charge in [0.25, 0.3) is 0 Å². The molecule has 16 heavy (non-hydrogen) atoms. The summed E-state index contributed by atoms with van der Waals surface area (Å²) in [7, 11) is 1.39. The zero-order chi connectivity index (χ0) is 11.5. The number of carbonyl (C=O) groups is 1. The molecule has 0 radical (unpaired) electrons. The van der Waals surface area contributed by atoms with Crippen molar-refractivity contribution in [3.8, 4) is 0 Å². The second-order valence-corrected chi connectivity index (χ2v) is 3.74. The van der Waals surface area contributed by atoms with Gasteiger partial charge in [0, 0.05) is 11.6 Å². The van der Waals surface area contributed by atoms with Gasteiger partial charge >= 0.3 is 5.97 Å². The fourth-order valence-corrected chi connectivity index (χ4v) is 1.71. The Kier molecular flexibility index (Phi) is 2.86. The van der Waals surface area contributed by atoms with E-state index < -0.39 is 0 Å². The largest absolute Gasteiger partial charge is 0.469 e. The summed E-state index contributed by atoms with van der Waals surface area (Å²) >= 11 is 0. The maximum atomic E-state index is 11.2. The van der Waals surface area contributed by atoms with Gasteiger partial charge in [-0.15, -0.1) is 0 Å².